The molecule has 0 spiro atoms. The summed E-state index contributed by atoms with van der Waals surface area (Å²) in [6, 6.07) is 0. The molecule has 58 valence electrons. The van der Waals surface area contributed by atoms with Crippen molar-refractivity contribution in [3.63, 3.8) is 0 Å². The normalized spacial score (nSPS) is 14.4. The number of aliphatic carboxylic acids is 2. The number of carboxylic acid groups (broad SMARTS) is 2. The van der Waals surface area contributed by atoms with E-state index >= 15 is 0 Å². The number of hydrogen-bond donors (Lipinski definition) is 3. The van der Waals surface area contributed by atoms with Crippen LogP contribution in [0.15, 0.2) is 0 Å². The summed E-state index contributed by atoms with van der Waals surface area (Å²) in [5.41, 5.74) is 0. The second kappa shape index (κ2) is 6.21. The second-order valence-electron chi connectivity index (χ2n) is 1.55. The van der Waals surface area contributed by atoms with Gasteiger partial charge in [-0.15, -0.1) is 0 Å². The Balaban J connectivity index is 0. The van der Waals surface area contributed by atoms with E-state index in [-0.39, 0.29) is 58.2 Å². The molecule has 11 heavy (non-hydrogen) atoms. The Kier molecular flexibility index (Phi) is 8.02. The summed E-state index contributed by atoms with van der Waals surface area (Å²) in [6.45, 7) is 0. The number of carboxylic acids is 2. The Labute approximate surface area is 111 Å². The van der Waals surface area contributed by atoms with E-state index < -0.39 is 24.1 Å². The summed E-state index contributed by atoms with van der Waals surface area (Å²) in [5.74, 6) is -3.83. The molecule has 0 unspecified atom stereocenters. The van der Waals surface area contributed by atoms with Crippen molar-refractivity contribution in [2.45, 2.75) is 12.2 Å². The van der Waals surface area contributed by atoms with Gasteiger partial charge in [0.05, 0.1) is 5.97 Å². The SMILES string of the molecule is O=C([O-])[C@H](O)[C@@H](O)C(=O)O.[Rb+]. The van der Waals surface area contributed by atoms with Crippen LogP contribution in [0.25, 0.3) is 0 Å². The van der Waals surface area contributed by atoms with Gasteiger partial charge in [-0.05, 0) is 0 Å². The van der Waals surface area contributed by atoms with Crippen molar-refractivity contribution >= 4 is 11.9 Å². The standard InChI is InChI=1S/C4H6O6.Rb/c5-1(3(7)8)2(6)4(9)10;/h1-2,5-6H,(H,7,8)(H,9,10);/q;+1/p-1/t1-,2-;/m1./s1. The third-order valence-electron chi connectivity index (χ3n) is 0.794. The molecule has 0 rings (SSSR count). The third-order valence-corrected chi connectivity index (χ3v) is 0.794. The van der Waals surface area contributed by atoms with Gasteiger partial charge in [0.15, 0.2) is 6.10 Å². The number of aliphatic hydroxyl groups is 2. The molecular weight excluding hydrogens is 230 g/mol. The van der Waals surface area contributed by atoms with E-state index in [0.29, 0.717) is 0 Å². The minimum absolute atomic E-state index is 0. The first kappa shape index (κ1) is 14.2. The molecule has 6 nitrogen and oxygen atoms in total. The summed E-state index contributed by atoms with van der Waals surface area (Å²) in [4.78, 5) is 19.4. The van der Waals surface area contributed by atoms with Crippen LogP contribution in [0.5, 0.6) is 0 Å². The van der Waals surface area contributed by atoms with E-state index in [2.05, 4.69) is 0 Å². The molecule has 0 saturated heterocycles. The summed E-state index contributed by atoms with van der Waals surface area (Å²) in [7, 11) is 0. The maximum absolute atomic E-state index is 9.74. The van der Waals surface area contributed by atoms with Crippen molar-refractivity contribution in [2.24, 2.45) is 0 Å². The second-order valence-corrected chi connectivity index (χ2v) is 1.55. The average molecular weight is 235 g/mol. The number of carbonyl (C=O) groups excluding carboxylic acids is 1. The number of carbonyl (C=O) groups is 2. The van der Waals surface area contributed by atoms with Gasteiger partial charge in [0, 0.05) is 0 Å². The Bertz CT molecular complexity index is 139. The van der Waals surface area contributed by atoms with Crippen molar-refractivity contribution in [2.75, 3.05) is 0 Å². The van der Waals surface area contributed by atoms with Crippen LogP contribution in [0.2, 0.25) is 0 Å². The summed E-state index contributed by atoms with van der Waals surface area (Å²) < 4.78 is 0. The zero-order chi connectivity index (χ0) is 8.31. The van der Waals surface area contributed by atoms with Gasteiger partial charge in [-0.25, -0.2) is 4.79 Å². The van der Waals surface area contributed by atoms with E-state index in [1.54, 1.807) is 0 Å². The largest absolute Gasteiger partial charge is 1.00 e. The van der Waals surface area contributed by atoms with Crippen molar-refractivity contribution in [1.82, 2.24) is 0 Å². The molecule has 0 aromatic heterocycles. The topological polar surface area (TPSA) is 118 Å². The number of aliphatic hydroxyl groups excluding tert-OH is 2. The van der Waals surface area contributed by atoms with Gasteiger partial charge in [-0.3, -0.25) is 0 Å². The fourth-order valence-electron chi connectivity index (χ4n) is 0.264. The Morgan fingerprint density at radius 2 is 1.55 bits per heavy atom. The van der Waals surface area contributed by atoms with E-state index in [4.69, 9.17) is 15.3 Å². The molecule has 0 aliphatic carbocycles. The molecule has 7 heteroatoms. The van der Waals surface area contributed by atoms with E-state index in [1.807, 2.05) is 0 Å². The molecule has 2 atom stereocenters. The van der Waals surface area contributed by atoms with Crippen LogP contribution >= 0.6 is 0 Å². The molecule has 0 fully saturated rings. The zero-order valence-corrected chi connectivity index (χ0v) is 10.6. The van der Waals surface area contributed by atoms with Crippen molar-refractivity contribution < 1.29 is 88.2 Å². The molecule has 0 aromatic carbocycles. The first-order valence-corrected chi connectivity index (χ1v) is 2.26. The van der Waals surface area contributed by atoms with Gasteiger partial charge >= 0.3 is 64.2 Å². The molecule has 0 aliphatic rings. The van der Waals surface area contributed by atoms with Gasteiger partial charge in [-0.2, -0.15) is 0 Å². The fourth-order valence-corrected chi connectivity index (χ4v) is 0.264. The van der Waals surface area contributed by atoms with Crippen LogP contribution in [-0.2, 0) is 9.59 Å². The quantitative estimate of drug-likeness (QED) is 0.447. The van der Waals surface area contributed by atoms with Gasteiger partial charge < -0.3 is 25.2 Å². The molecule has 0 aliphatic heterocycles. The van der Waals surface area contributed by atoms with E-state index in [1.165, 1.54) is 0 Å². The van der Waals surface area contributed by atoms with E-state index in [9.17, 15) is 14.7 Å². The van der Waals surface area contributed by atoms with Crippen molar-refractivity contribution in [3.8, 4) is 0 Å². The molecule has 0 radical (unpaired) electrons. The Morgan fingerprint density at radius 3 is 1.64 bits per heavy atom. The predicted octanol–water partition coefficient (Wildman–Crippen LogP) is -6.45. The van der Waals surface area contributed by atoms with Crippen LogP contribution in [0, 0.1) is 0 Å². The van der Waals surface area contributed by atoms with Gasteiger partial charge in [0.1, 0.15) is 6.10 Å². The van der Waals surface area contributed by atoms with Crippen LogP contribution in [0.4, 0.5) is 0 Å². The smallest absolute Gasteiger partial charge is 0.547 e. The molecule has 0 saturated carbocycles. The third kappa shape index (κ3) is 4.99. The minimum Gasteiger partial charge on any atom is -0.547 e. The zero-order valence-electron chi connectivity index (χ0n) is 5.72. The predicted molar refractivity (Wildman–Crippen MR) is 24.7 cm³/mol. The molecule has 0 heterocycles. The molecular formula is C4H5O6Rb. The minimum atomic E-state index is -2.38. The van der Waals surface area contributed by atoms with Crippen LogP contribution in [-0.4, -0.2) is 39.5 Å². The maximum Gasteiger partial charge on any atom is 1.00 e. The molecule has 0 amide bonds. The molecule has 0 bridgehead atoms. The average Bonchev–Trinajstić information content (AvgIpc) is 1.84. The van der Waals surface area contributed by atoms with Crippen LogP contribution < -0.4 is 63.3 Å². The Morgan fingerprint density at radius 1 is 1.18 bits per heavy atom. The van der Waals surface area contributed by atoms with Gasteiger partial charge in [-0.1, -0.05) is 0 Å². The molecule has 0 aromatic rings. The van der Waals surface area contributed by atoms with Gasteiger partial charge in [0.2, 0.25) is 0 Å². The van der Waals surface area contributed by atoms with Crippen molar-refractivity contribution in [1.29, 1.82) is 0 Å². The molecule has 3 N–H and O–H groups in total. The summed E-state index contributed by atoms with van der Waals surface area (Å²) in [6.07, 6.45) is -4.71. The number of hydrogen-bond acceptors (Lipinski definition) is 5. The van der Waals surface area contributed by atoms with Gasteiger partial charge in [0.25, 0.3) is 0 Å². The Hall–Kier alpha value is 0.665. The monoisotopic (exact) mass is 234 g/mol. The summed E-state index contributed by atoms with van der Waals surface area (Å²) >= 11 is 0. The number of rotatable bonds is 3. The van der Waals surface area contributed by atoms with Crippen LogP contribution in [0.1, 0.15) is 0 Å². The van der Waals surface area contributed by atoms with Crippen molar-refractivity contribution in [3.05, 3.63) is 0 Å². The van der Waals surface area contributed by atoms with Crippen LogP contribution in [0.3, 0.4) is 0 Å². The summed E-state index contributed by atoms with van der Waals surface area (Å²) in [5, 5.41) is 34.1. The first-order valence-electron chi connectivity index (χ1n) is 2.26. The fraction of sp³-hybridized carbons (Fsp3) is 0.500. The van der Waals surface area contributed by atoms with E-state index in [0.717, 1.165) is 0 Å². The first-order chi connectivity index (χ1) is 4.46. The maximum atomic E-state index is 9.74.